The Kier molecular flexibility index (Phi) is 5.15. The van der Waals surface area contributed by atoms with Crippen molar-refractivity contribution in [1.29, 1.82) is 0 Å². The molecule has 0 spiro atoms. The van der Waals surface area contributed by atoms with Crippen molar-refractivity contribution < 1.29 is 13.2 Å². The quantitative estimate of drug-likeness (QED) is 0.786. The number of hydrogen-bond donors (Lipinski definition) is 0. The summed E-state index contributed by atoms with van der Waals surface area (Å²) in [5.74, 6) is 0. The van der Waals surface area contributed by atoms with Crippen LogP contribution in [0.3, 0.4) is 0 Å². The predicted molar refractivity (Wildman–Crippen MR) is 88.2 cm³/mol. The molecule has 0 aromatic carbocycles. The second kappa shape index (κ2) is 7.12. The van der Waals surface area contributed by atoms with E-state index in [0.717, 1.165) is 31.5 Å². The monoisotopic (exact) mass is 340 g/mol. The van der Waals surface area contributed by atoms with Gasteiger partial charge in [0.25, 0.3) is 0 Å². The Hall–Kier alpha value is -1.22. The molecule has 0 aliphatic carbocycles. The molecule has 0 radical (unpaired) electrons. The van der Waals surface area contributed by atoms with Gasteiger partial charge in [0, 0.05) is 44.1 Å². The van der Waals surface area contributed by atoms with E-state index >= 15 is 0 Å². The lowest BCUT2D eigenvalue weighted by Gasteiger charge is -2.36. The Bertz CT molecular complexity index is 637. The highest BCUT2D eigenvalue weighted by molar-refractivity contribution is 7.89. The highest BCUT2D eigenvalue weighted by Gasteiger charge is 2.36. The molecule has 2 aliphatic heterocycles. The SMILES string of the molecule is C=Cn1cc(CN2CCC[C@H](S(=O)(=O)N3CCOCC3)C2)cn1. The fraction of sp³-hybridized carbons (Fsp3) is 0.667. The van der Waals surface area contributed by atoms with Gasteiger partial charge in [-0.1, -0.05) is 6.58 Å². The summed E-state index contributed by atoms with van der Waals surface area (Å²) in [6.45, 7) is 7.86. The van der Waals surface area contributed by atoms with Gasteiger partial charge in [0.2, 0.25) is 10.0 Å². The second-order valence-corrected chi connectivity index (χ2v) is 8.28. The molecule has 128 valence electrons. The largest absolute Gasteiger partial charge is 0.379 e. The van der Waals surface area contributed by atoms with Gasteiger partial charge in [0.05, 0.1) is 24.7 Å². The lowest BCUT2D eigenvalue weighted by Crippen LogP contribution is -2.50. The van der Waals surface area contributed by atoms with Gasteiger partial charge in [-0.2, -0.15) is 9.40 Å². The van der Waals surface area contributed by atoms with Gasteiger partial charge < -0.3 is 4.74 Å². The molecule has 8 heteroatoms. The van der Waals surface area contributed by atoms with Crippen LogP contribution in [0.1, 0.15) is 18.4 Å². The Morgan fingerprint density at radius 2 is 2.13 bits per heavy atom. The molecule has 1 aromatic heterocycles. The number of sulfonamides is 1. The van der Waals surface area contributed by atoms with Crippen molar-refractivity contribution in [1.82, 2.24) is 19.0 Å². The van der Waals surface area contributed by atoms with Gasteiger partial charge in [-0.15, -0.1) is 0 Å². The van der Waals surface area contributed by atoms with Crippen LogP contribution in [0.4, 0.5) is 0 Å². The molecule has 1 atom stereocenters. The number of ether oxygens (including phenoxy) is 1. The van der Waals surface area contributed by atoms with Gasteiger partial charge in [0.1, 0.15) is 0 Å². The standard InChI is InChI=1S/C15H24N4O3S/c1-2-18-12-14(10-16-18)11-17-5-3-4-15(13-17)23(20,21)19-6-8-22-9-7-19/h2,10,12,15H,1,3-9,11,13H2/t15-/m0/s1. The van der Waals surface area contributed by atoms with Crippen molar-refractivity contribution in [3.63, 3.8) is 0 Å². The van der Waals surface area contributed by atoms with E-state index < -0.39 is 10.0 Å². The topological polar surface area (TPSA) is 67.7 Å². The molecule has 2 saturated heterocycles. The normalized spacial score (nSPS) is 24.6. The molecule has 3 heterocycles. The maximum Gasteiger partial charge on any atom is 0.218 e. The summed E-state index contributed by atoms with van der Waals surface area (Å²) in [7, 11) is -3.24. The highest BCUT2D eigenvalue weighted by atomic mass is 32.2. The molecule has 3 rings (SSSR count). The first-order valence-corrected chi connectivity index (χ1v) is 9.54. The molecule has 1 aromatic rings. The van der Waals surface area contributed by atoms with Crippen molar-refractivity contribution in [2.75, 3.05) is 39.4 Å². The summed E-state index contributed by atoms with van der Waals surface area (Å²) >= 11 is 0. The molecule has 7 nitrogen and oxygen atoms in total. The molecule has 2 fully saturated rings. The van der Waals surface area contributed by atoms with E-state index in [1.807, 2.05) is 12.4 Å². The van der Waals surface area contributed by atoms with Crippen molar-refractivity contribution in [3.05, 3.63) is 24.5 Å². The highest BCUT2D eigenvalue weighted by Crippen LogP contribution is 2.22. The van der Waals surface area contributed by atoms with E-state index in [-0.39, 0.29) is 5.25 Å². The van der Waals surface area contributed by atoms with Crippen LogP contribution in [0.5, 0.6) is 0 Å². The van der Waals surface area contributed by atoms with Crippen molar-refractivity contribution in [3.8, 4) is 0 Å². The zero-order chi connectivity index (χ0) is 16.3. The fourth-order valence-electron chi connectivity index (χ4n) is 3.23. The van der Waals surface area contributed by atoms with Gasteiger partial charge in [-0.25, -0.2) is 13.1 Å². The smallest absolute Gasteiger partial charge is 0.218 e. The third-order valence-electron chi connectivity index (χ3n) is 4.46. The van der Waals surface area contributed by atoms with Crippen LogP contribution in [-0.2, 0) is 21.3 Å². The summed E-state index contributed by atoms with van der Waals surface area (Å²) in [5.41, 5.74) is 1.08. The third-order valence-corrected chi connectivity index (χ3v) is 6.77. The minimum Gasteiger partial charge on any atom is -0.379 e. The van der Waals surface area contributed by atoms with Gasteiger partial charge in [-0.05, 0) is 19.4 Å². The molecular formula is C15H24N4O3S. The molecule has 23 heavy (non-hydrogen) atoms. The van der Waals surface area contributed by atoms with E-state index in [9.17, 15) is 8.42 Å². The summed E-state index contributed by atoms with van der Waals surface area (Å²) in [5, 5.41) is 3.86. The average Bonchev–Trinajstić information content (AvgIpc) is 3.03. The van der Waals surface area contributed by atoms with Gasteiger partial charge >= 0.3 is 0 Å². The molecule has 0 amide bonds. The summed E-state index contributed by atoms with van der Waals surface area (Å²) in [4.78, 5) is 2.20. The van der Waals surface area contributed by atoms with Crippen molar-refractivity contribution in [2.45, 2.75) is 24.6 Å². The molecular weight excluding hydrogens is 316 g/mol. The van der Waals surface area contributed by atoms with Crippen LogP contribution in [0.15, 0.2) is 19.0 Å². The van der Waals surface area contributed by atoms with Crippen molar-refractivity contribution >= 4 is 16.2 Å². The Morgan fingerprint density at radius 1 is 1.35 bits per heavy atom. The maximum atomic E-state index is 12.8. The number of aromatic nitrogens is 2. The predicted octanol–water partition coefficient (Wildman–Crippen LogP) is 0.610. The number of nitrogens with zero attached hydrogens (tertiary/aromatic N) is 4. The van der Waals surface area contributed by atoms with E-state index in [0.29, 0.717) is 32.8 Å². The van der Waals surface area contributed by atoms with E-state index in [1.54, 1.807) is 15.2 Å². The summed E-state index contributed by atoms with van der Waals surface area (Å²) in [6.07, 6.45) is 7.02. The van der Waals surface area contributed by atoms with E-state index in [1.165, 1.54) is 0 Å². The molecule has 0 saturated carbocycles. The first-order chi connectivity index (χ1) is 11.1. The van der Waals surface area contributed by atoms with Crippen LogP contribution in [0.2, 0.25) is 0 Å². The Balaban J connectivity index is 1.64. The lowest BCUT2D eigenvalue weighted by atomic mass is 10.1. The van der Waals surface area contributed by atoms with E-state index in [2.05, 4.69) is 16.6 Å². The van der Waals surface area contributed by atoms with Crippen LogP contribution in [-0.4, -0.2) is 72.0 Å². The average molecular weight is 340 g/mol. The lowest BCUT2D eigenvalue weighted by molar-refractivity contribution is 0.0719. The Morgan fingerprint density at radius 3 is 2.83 bits per heavy atom. The number of hydrogen-bond acceptors (Lipinski definition) is 5. The summed E-state index contributed by atoms with van der Waals surface area (Å²) in [6, 6.07) is 0. The molecule has 0 bridgehead atoms. The zero-order valence-corrected chi connectivity index (χ0v) is 14.1. The second-order valence-electron chi connectivity index (χ2n) is 6.07. The van der Waals surface area contributed by atoms with Gasteiger partial charge in [-0.3, -0.25) is 4.90 Å². The van der Waals surface area contributed by atoms with Gasteiger partial charge in [0.15, 0.2) is 0 Å². The third kappa shape index (κ3) is 3.82. The summed E-state index contributed by atoms with van der Waals surface area (Å²) < 4.78 is 34.1. The number of piperidine rings is 1. The minimum absolute atomic E-state index is 0.316. The van der Waals surface area contributed by atoms with Crippen molar-refractivity contribution in [2.24, 2.45) is 0 Å². The van der Waals surface area contributed by atoms with Crippen LogP contribution in [0.25, 0.3) is 6.20 Å². The Labute approximate surface area is 137 Å². The minimum atomic E-state index is -3.24. The number of morpholine rings is 1. The van der Waals surface area contributed by atoms with Crippen LogP contribution in [0, 0.1) is 0 Å². The van der Waals surface area contributed by atoms with Crippen LogP contribution < -0.4 is 0 Å². The molecule has 2 aliphatic rings. The number of likely N-dealkylation sites (tertiary alicyclic amines) is 1. The first-order valence-electron chi connectivity index (χ1n) is 8.04. The fourth-order valence-corrected chi connectivity index (χ4v) is 5.17. The zero-order valence-electron chi connectivity index (χ0n) is 13.3. The molecule has 0 N–H and O–H groups in total. The first kappa shape index (κ1) is 16.6. The molecule has 0 unspecified atom stereocenters. The van der Waals surface area contributed by atoms with Crippen LogP contribution >= 0.6 is 0 Å². The number of rotatable bonds is 5. The van der Waals surface area contributed by atoms with E-state index in [4.69, 9.17) is 4.74 Å². The maximum absolute atomic E-state index is 12.8.